The van der Waals surface area contributed by atoms with Crippen LogP contribution in [0.1, 0.15) is 23.6 Å². The van der Waals surface area contributed by atoms with Crippen molar-refractivity contribution in [1.82, 2.24) is 0 Å². The van der Waals surface area contributed by atoms with Crippen LogP contribution in [0.5, 0.6) is 11.5 Å². The minimum atomic E-state index is -4.01. The zero-order valence-electron chi connectivity index (χ0n) is 17.0. The number of halogens is 1. The van der Waals surface area contributed by atoms with E-state index in [2.05, 4.69) is 22.0 Å². The van der Waals surface area contributed by atoms with Crippen LogP contribution in [-0.4, -0.2) is 15.0 Å². The Kier molecular flexibility index (Phi) is 7.16. The topological polar surface area (TPSA) is 76.4 Å². The molecule has 0 heterocycles. The molecule has 31 heavy (non-hydrogen) atoms. The van der Waals surface area contributed by atoms with Gasteiger partial charge in [-0.15, -0.1) is 0 Å². The molecule has 0 saturated carbocycles. The summed E-state index contributed by atoms with van der Waals surface area (Å²) in [6.45, 7) is 4.00. The SMILES string of the molecule is CCOc1cc(/C=C(\C#N)c2ccc(Br)cc2)ccc1OS(=O)(=O)c1ccc(C)cc1. The number of hydrogen-bond acceptors (Lipinski definition) is 5. The van der Waals surface area contributed by atoms with Gasteiger partial charge in [0.2, 0.25) is 0 Å². The second kappa shape index (κ2) is 9.82. The molecule has 0 atom stereocenters. The molecule has 0 aromatic heterocycles. The number of benzene rings is 3. The Hall–Kier alpha value is -3.08. The first kappa shape index (κ1) is 22.6. The average molecular weight is 498 g/mol. The molecular weight excluding hydrogens is 478 g/mol. The molecule has 3 aromatic rings. The van der Waals surface area contributed by atoms with E-state index in [9.17, 15) is 13.7 Å². The van der Waals surface area contributed by atoms with Crippen molar-refractivity contribution in [1.29, 1.82) is 5.26 Å². The second-order valence-electron chi connectivity index (χ2n) is 6.67. The summed E-state index contributed by atoms with van der Waals surface area (Å²) in [4.78, 5) is 0.0616. The zero-order chi connectivity index (χ0) is 22.4. The smallest absolute Gasteiger partial charge is 0.339 e. The Morgan fingerprint density at radius 3 is 2.32 bits per heavy atom. The molecule has 3 aromatic carbocycles. The van der Waals surface area contributed by atoms with Crippen LogP contribution in [0, 0.1) is 18.3 Å². The predicted octanol–water partition coefficient (Wildman–Crippen LogP) is 5.99. The van der Waals surface area contributed by atoms with Crippen LogP contribution in [0.2, 0.25) is 0 Å². The molecule has 7 heteroatoms. The van der Waals surface area contributed by atoms with Crippen molar-refractivity contribution in [3.63, 3.8) is 0 Å². The molecule has 0 unspecified atom stereocenters. The number of hydrogen-bond donors (Lipinski definition) is 0. The van der Waals surface area contributed by atoms with E-state index in [1.807, 2.05) is 31.2 Å². The maximum absolute atomic E-state index is 12.7. The van der Waals surface area contributed by atoms with E-state index in [1.165, 1.54) is 18.2 Å². The third-order valence-electron chi connectivity index (χ3n) is 4.36. The Balaban J connectivity index is 1.94. The van der Waals surface area contributed by atoms with Crippen LogP contribution >= 0.6 is 15.9 Å². The molecule has 0 aliphatic carbocycles. The number of aryl methyl sites for hydroxylation is 1. The fourth-order valence-corrected chi connectivity index (χ4v) is 4.00. The first-order valence-electron chi connectivity index (χ1n) is 9.48. The van der Waals surface area contributed by atoms with Crippen molar-refractivity contribution >= 4 is 37.7 Å². The summed E-state index contributed by atoms with van der Waals surface area (Å²) in [6, 6.07) is 20.9. The third-order valence-corrected chi connectivity index (χ3v) is 6.14. The number of nitriles is 1. The van der Waals surface area contributed by atoms with Crippen LogP contribution in [0.3, 0.4) is 0 Å². The molecule has 0 aliphatic rings. The van der Waals surface area contributed by atoms with Crippen molar-refractivity contribution in [2.45, 2.75) is 18.7 Å². The highest BCUT2D eigenvalue weighted by Crippen LogP contribution is 2.32. The molecule has 0 bridgehead atoms. The Morgan fingerprint density at radius 1 is 1.03 bits per heavy atom. The highest BCUT2D eigenvalue weighted by Gasteiger charge is 2.19. The zero-order valence-corrected chi connectivity index (χ0v) is 19.4. The lowest BCUT2D eigenvalue weighted by atomic mass is 10.0. The van der Waals surface area contributed by atoms with Gasteiger partial charge in [0.1, 0.15) is 4.90 Å². The minimum Gasteiger partial charge on any atom is -0.490 e. The normalized spacial score (nSPS) is 11.6. The summed E-state index contributed by atoms with van der Waals surface area (Å²) in [5.41, 5.74) is 2.87. The van der Waals surface area contributed by atoms with Crippen molar-refractivity contribution in [3.8, 4) is 17.6 Å². The lowest BCUT2D eigenvalue weighted by molar-refractivity contribution is 0.327. The highest BCUT2D eigenvalue weighted by molar-refractivity contribution is 9.10. The van der Waals surface area contributed by atoms with E-state index in [-0.39, 0.29) is 16.4 Å². The molecule has 5 nitrogen and oxygen atoms in total. The molecule has 0 amide bonds. The monoisotopic (exact) mass is 497 g/mol. The standard InChI is InChI=1S/C24H20BrNO4S/c1-3-29-24-15-18(14-20(16-26)19-7-9-21(25)10-8-19)6-13-23(24)30-31(27,28)22-11-4-17(2)5-12-22/h4-15H,3H2,1-2H3/b20-14+. The van der Waals surface area contributed by atoms with Crippen LogP contribution in [0.15, 0.2) is 76.1 Å². The summed E-state index contributed by atoms with van der Waals surface area (Å²) in [5.74, 6) is 0.363. The summed E-state index contributed by atoms with van der Waals surface area (Å²) in [5, 5.41) is 9.57. The number of allylic oxidation sites excluding steroid dienone is 1. The van der Waals surface area contributed by atoms with Gasteiger partial charge < -0.3 is 8.92 Å². The van der Waals surface area contributed by atoms with Crippen LogP contribution in [0.25, 0.3) is 11.6 Å². The van der Waals surface area contributed by atoms with Crippen molar-refractivity contribution in [2.24, 2.45) is 0 Å². The van der Waals surface area contributed by atoms with Gasteiger partial charge in [0, 0.05) is 4.47 Å². The molecular formula is C24H20BrNO4S. The van der Waals surface area contributed by atoms with E-state index in [0.717, 1.165) is 15.6 Å². The van der Waals surface area contributed by atoms with Gasteiger partial charge in [-0.25, -0.2) is 0 Å². The van der Waals surface area contributed by atoms with E-state index < -0.39 is 10.1 Å². The van der Waals surface area contributed by atoms with Crippen molar-refractivity contribution in [2.75, 3.05) is 6.61 Å². The Bertz CT molecular complexity index is 1240. The average Bonchev–Trinajstić information content (AvgIpc) is 2.75. The van der Waals surface area contributed by atoms with Crippen LogP contribution in [-0.2, 0) is 10.1 Å². The lowest BCUT2D eigenvalue weighted by Gasteiger charge is -2.13. The van der Waals surface area contributed by atoms with Gasteiger partial charge in [0.15, 0.2) is 11.5 Å². The number of rotatable bonds is 7. The van der Waals surface area contributed by atoms with Crippen molar-refractivity contribution in [3.05, 3.63) is 87.9 Å². The molecule has 0 spiro atoms. The largest absolute Gasteiger partial charge is 0.490 e. The second-order valence-corrected chi connectivity index (χ2v) is 9.13. The van der Waals surface area contributed by atoms with Gasteiger partial charge in [0.05, 0.1) is 18.2 Å². The minimum absolute atomic E-state index is 0.0616. The Morgan fingerprint density at radius 2 is 1.71 bits per heavy atom. The Labute approximate surface area is 190 Å². The molecule has 0 aliphatic heterocycles. The van der Waals surface area contributed by atoms with E-state index in [0.29, 0.717) is 17.7 Å². The van der Waals surface area contributed by atoms with E-state index >= 15 is 0 Å². The molecule has 0 N–H and O–H groups in total. The van der Waals surface area contributed by atoms with Gasteiger partial charge in [-0.2, -0.15) is 13.7 Å². The summed E-state index contributed by atoms with van der Waals surface area (Å²) >= 11 is 3.38. The number of ether oxygens (including phenoxy) is 1. The van der Waals surface area contributed by atoms with Crippen LogP contribution in [0.4, 0.5) is 0 Å². The fourth-order valence-electron chi connectivity index (χ4n) is 2.80. The molecule has 158 valence electrons. The molecule has 0 saturated heterocycles. The lowest BCUT2D eigenvalue weighted by Crippen LogP contribution is -2.10. The quantitative estimate of drug-likeness (QED) is 0.227. The highest BCUT2D eigenvalue weighted by atomic mass is 79.9. The first-order valence-corrected chi connectivity index (χ1v) is 11.7. The maximum Gasteiger partial charge on any atom is 0.339 e. The van der Waals surface area contributed by atoms with Gasteiger partial charge >= 0.3 is 10.1 Å². The molecule has 3 rings (SSSR count). The van der Waals surface area contributed by atoms with E-state index in [4.69, 9.17) is 8.92 Å². The summed E-state index contributed by atoms with van der Waals surface area (Å²) < 4.78 is 37.2. The van der Waals surface area contributed by atoms with Gasteiger partial charge in [-0.1, -0.05) is 51.8 Å². The van der Waals surface area contributed by atoms with Crippen LogP contribution < -0.4 is 8.92 Å². The van der Waals surface area contributed by atoms with Crippen molar-refractivity contribution < 1.29 is 17.3 Å². The molecule has 0 fully saturated rings. The third kappa shape index (κ3) is 5.75. The fraction of sp³-hybridized carbons (Fsp3) is 0.125. The summed E-state index contributed by atoms with van der Waals surface area (Å²) in [6.07, 6.45) is 1.71. The summed E-state index contributed by atoms with van der Waals surface area (Å²) in [7, 11) is -4.01. The van der Waals surface area contributed by atoms with Gasteiger partial charge in [-0.05, 0) is 67.4 Å². The van der Waals surface area contributed by atoms with E-state index in [1.54, 1.807) is 37.3 Å². The molecule has 0 radical (unpaired) electrons. The number of nitrogens with zero attached hydrogens (tertiary/aromatic N) is 1. The van der Waals surface area contributed by atoms with Gasteiger partial charge in [-0.3, -0.25) is 0 Å². The van der Waals surface area contributed by atoms with Gasteiger partial charge in [0.25, 0.3) is 0 Å². The first-order chi connectivity index (χ1) is 14.8. The maximum atomic E-state index is 12.7. The predicted molar refractivity (Wildman–Crippen MR) is 124 cm³/mol.